The monoisotopic (exact) mass is 328 g/mol. The number of carboxylic acids is 1. The SMILES string of the molecule is COCCn1c(SCC(=O)O)nnc1-c1sc(C)nc1C. The molecular weight excluding hydrogens is 312 g/mol. The summed E-state index contributed by atoms with van der Waals surface area (Å²) >= 11 is 2.70. The predicted molar refractivity (Wildman–Crippen MR) is 80.8 cm³/mol. The van der Waals surface area contributed by atoms with Crippen LogP contribution < -0.4 is 0 Å². The van der Waals surface area contributed by atoms with E-state index in [0.717, 1.165) is 27.3 Å². The maximum atomic E-state index is 10.7. The number of aliphatic carboxylic acids is 1. The lowest BCUT2D eigenvalue weighted by Gasteiger charge is -2.08. The van der Waals surface area contributed by atoms with Crippen molar-refractivity contribution in [3.8, 4) is 10.7 Å². The number of ether oxygens (including phenoxy) is 1. The van der Waals surface area contributed by atoms with Crippen molar-refractivity contribution in [3.05, 3.63) is 10.7 Å². The second-order valence-electron chi connectivity index (χ2n) is 4.28. The van der Waals surface area contributed by atoms with Gasteiger partial charge >= 0.3 is 5.97 Å². The van der Waals surface area contributed by atoms with Gasteiger partial charge in [0.1, 0.15) is 0 Å². The summed E-state index contributed by atoms with van der Waals surface area (Å²) in [6.45, 7) is 4.94. The topological polar surface area (TPSA) is 90.1 Å². The number of aryl methyl sites for hydroxylation is 2. The zero-order chi connectivity index (χ0) is 15.4. The summed E-state index contributed by atoms with van der Waals surface area (Å²) in [5.74, 6) is -0.220. The molecule has 2 heterocycles. The first-order chi connectivity index (χ1) is 10.0. The molecular formula is C12H16N4O3S2. The molecule has 0 atom stereocenters. The molecule has 0 aliphatic rings. The Hall–Kier alpha value is -1.45. The average molecular weight is 328 g/mol. The molecule has 2 rings (SSSR count). The molecule has 0 unspecified atom stereocenters. The van der Waals surface area contributed by atoms with E-state index < -0.39 is 5.97 Å². The second kappa shape index (κ2) is 7.01. The highest BCUT2D eigenvalue weighted by Crippen LogP contribution is 2.30. The fraction of sp³-hybridized carbons (Fsp3) is 0.500. The minimum atomic E-state index is -0.882. The quantitative estimate of drug-likeness (QED) is 0.776. The zero-order valence-electron chi connectivity index (χ0n) is 12.0. The Morgan fingerprint density at radius 3 is 2.76 bits per heavy atom. The van der Waals surface area contributed by atoms with Crippen LogP contribution in [0.15, 0.2) is 5.16 Å². The van der Waals surface area contributed by atoms with E-state index >= 15 is 0 Å². The number of hydrogen-bond acceptors (Lipinski definition) is 7. The summed E-state index contributed by atoms with van der Waals surface area (Å²) in [7, 11) is 1.62. The Morgan fingerprint density at radius 1 is 1.43 bits per heavy atom. The Bertz CT molecular complexity index is 638. The third kappa shape index (κ3) is 3.80. The highest BCUT2D eigenvalue weighted by molar-refractivity contribution is 7.99. The molecule has 0 amide bonds. The number of aromatic nitrogens is 4. The number of thioether (sulfide) groups is 1. The third-order valence-corrected chi connectivity index (χ3v) is 4.69. The standard InChI is InChI=1S/C12H16N4O3S2/c1-7-10(21-8(2)13-7)11-14-15-12(20-6-9(17)18)16(11)4-5-19-3/h4-6H2,1-3H3,(H,17,18). The minimum Gasteiger partial charge on any atom is -0.481 e. The lowest BCUT2D eigenvalue weighted by Crippen LogP contribution is -2.08. The van der Waals surface area contributed by atoms with Gasteiger partial charge < -0.3 is 9.84 Å². The van der Waals surface area contributed by atoms with E-state index in [1.807, 2.05) is 18.4 Å². The van der Waals surface area contributed by atoms with Gasteiger partial charge in [-0.05, 0) is 13.8 Å². The van der Waals surface area contributed by atoms with Gasteiger partial charge in [0.05, 0.1) is 34.5 Å². The molecule has 0 saturated heterocycles. The zero-order valence-corrected chi connectivity index (χ0v) is 13.6. The molecule has 21 heavy (non-hydrogen) atoms. The molecule has 0 aliphatic carbocycles. The molecule has 9 heteroatoms. The molecule has 2 aromatic heterocycles. The van der Waals surface area contributed by atoms with Gasteiger partial charge in [-0.3, -0.25) is 9.36 Å². The number of thiazole rings is 1. The van der Waals surface area contributed by atoms with Crippen LogP contribution in [0.1, 0.15) is 10.7 Å². The van der Waals surface area contributed by atoms with Gasteiger partial charge in [0, 0.05) is 7.11 Å². The summed E-state index contributed by atoms with van der Waals surface area (Å²) in [5, 5.41) is 18.7. The van der Waals surface area contributed by atoms with Crippen LogP contribution in [0.5, 0.6) is 0 Å². The van der Waals surface area contributed by atoms with Crippen LogP contribution in [0.25, 0.3) is 10.7 Å². The van der Waals surface area contributed by atoms with Crippen LogP contribution in [-0.4, -0.2) is 50.3 Å². The molecule has 0 radical (unpaired) electrons. The summed E-state index contributed by atoms with van der Waals surface area (Å²) in [4.78, 5) is 16.1. The first-order valence-electron chi connectivity index (χ1n) is 6.24. The van der Waals surface area contributed by atoms with Gasteiger partial charge in [-0.15, -0.1) is 21.5 Å². The fourth-order valence-electron chi connectivity index (χ4n) is 1.81. The molecule has 2 aromatic rings. The molecule has 114 valence electrons. The van der Waals surface area contributed by atoms with E-state index in [1.54, 1.807) is 18.4 Å². The first-order valence-corrected chi connectivity index (χ1v) is 8.04. The van der Waals surface area contributed by atoms with Crippen molar-refractivity contribution in [2.24, 2.45) is 0 Å². The van der Waals surface area contributed by atoms with Crippen molar-refractivity contribution in [2.45, 2.75) is 25.5 Å². The van der Waals surface area contributed by atoms with Gasteiger partial charge in [-0.1, -0.05) is 11.8 Å². The summed E-state index contributed by atoms with van der Waals surface area (Å²) in [5.41, 5.74) is 0.901. The lowest BCUT2D eigenvalue weighted by molar-refractivity contribution is -0.133. The average Bonchev–Trinajstić information content (AvgIpc) is 2.96. The molecule has 1 N–H and O–H groups in total. The van der Waals surface area contributed by atoms with Gasteiger partial charge in [-0.25, -0.2) is 4.98 Å². The number of methoxy groups -OCH3 is 1. The molecule has 0 aliphatic heterocycles. The van der Waals surface area contributed by atoms with E-state index in [0.29, 0.717) is 24.1 Å². The van der Waals surface area contributed by atoms with E-state index in [1.165, 1.54) is 0 Å². The van der Waals surface area contributed by atoms with Crippen LogP contribution in [0.4, 0.5) is 0 Å². The van der Waals surface area contributed by atoms with Crippen molar-refractivity contribution < 1.29 is 14.6 Å². The largest absolute Gasteiger partial charge is 0.481 e. The summed E-state index contributed by atoms with van der Waals surface area (Å²) in [6.07, 6.45) is 0. The maximum absolute atomic E-state index is 10.7. The molecule has 7 nitrogen and oxygen atoms in total. The molecule has 0 spiro atoms. The Kier molecular flexibility index (Phi) is 5.32. The van der Waals surface area contributed by atoms with E-state index in [2.05, 4.69) is 15.2 Å². The van der Waals surface area contributed by atoms with Crippen molar-refractivity contribution in [1.29, 1.82) is 0 Å². The minimum absolute atomic E-state index is 0.0498. The van der Waals surface area contributed by atoms with Crippen molar-refractivity contribution in [2.75, 3.05) is 19.5 Å². The smallest absolute Gasteiger partial charge is 0.313 e. The highest BCUT2D eigenvalue weighted by atomic mass is 32.2. The van der Waals surface area contributed by atoms with Crippen molar-refractivity contribution >= 4 is 29.1 Å². The number of rotatable bonds is 7. The van der Waals surface area contributed by atoms with E-state index in [-0.39, 0.29) is 5.75 Å². The van der Waals surface area contributed by atoms with Crippen molar-refractivity contribution in [1.82, 2.24) is 19.7 Å². The Balaban J connectivity index is 2.36. The first kappa shape index (κ1) is 15.9. The highest BCUT2D eigenvalue weighted by Gasteiger charge is 2.19. The van der Waals surface area contributed by atoms with Crippen LogP contribution in [0, 0.1) is 13.8 Å². The summed E-state index contributed by atoms with van der Waals surface area (Å²) in [6, 6.07) is 0. The van der Waals surface area contributed by atoms with Gasteiger partial charge in [0.15, 0.2) is 11.0 Å². The summed E-state index contributed by atoms with van der Waals surface area (Å²) < 4.78 is 6.99. The van der Waals surface area contributed by atoms with Crippen LogP contribution in [0.2, 0.25) is 0 Å². The third-order valence-electron chi connectivity index (χ3n) is 2.67. The van der Waals surface area contributed by atoms with Crippen molar-refractivity contribution in [3.63, 3.8) is 0 Å². The Morgan fingerprint density at radius 2 is 2.19 bits per heavy atom. The van der Waals surface area contributed by atoms with Gasteiger partial charge in [-0.2, -0.15) is 0 Å². The normalized spacial score (nSPS) is 11.0. The van der Waals surface area contributed by atoms with E-state index in [4.69, 9.17) is 9.84 Å². The number of hydrogen-bond donors (Lipinski definition) is 1. The van der Waals surface area contributed by atoms with E-state index in [9.17, 15) is 4.79 Å². The van der Waals surface area contributed by atoms with Crippen LogP contribution >= 0.6 is 23.1 Å². The second-order valence-corrected chi connectivity index (χ2v) is 6.43. The number of carboxylic acid groups (broad SMARTS) is 1. The lowest BCUT2D eigenvalue weighted by atomic mass is 10.4. The van der Waals surface area contributed by atoms with Crippen LogP contribution in [-0.2, 0) is 16.1 Å². The number of carbonyl (C=O) groups is 1. The van der Waals surface area contributed by atoms with Gasteiger partial charge in [0.25, 0.3) is 0 Å². The maximum Gasteiger partial charge on any atom is 0.313 e. The molecule has 0 fully saturated rings. The van der Waals surface area contributed by atoms with Gasteiger partial charge in [0.2, 0.25) is 0 Å². The fourth-order valence-corrected chi connectivity index (χ4v) is 3.41. The number of nitrogens with zero attached hydrogens (tertiary/aromatic N) is 4. The van der Waals surface area contributed by atoms with Crippen LogP contribution in [0.3, 0.4) is 0 Å². The molecule has 0 bridgehead atoms. The predicted octanol–water partition coefficient (Wildman–Crippen LogP) is 1.84. The molecule has 0 aromatic carbocycles. The Labute approximate surface area is 130 Å². The molecule has 0 saturated carbocycles.